The van der Waals surface area contributed by atoms with Crippen LogP contribution in [0.2, 0.25) is 0 Å². The molecule has 2 aromatic heterocycles. The zero-order valence-electron chi connectivity index (χ0n) is 11.3. The van der Waals surface area contributed by atoms with E-state index in [0.29, 0.717) is 13.2 Å². The molecule has 1 fully saturated rings. The predicted molar refractivity (Wildman–Crippen MR) is 77.9 cm³/mol. The van der Waals surface area contributed by atoms with Gasteiger partial charge in [0.2, 0.25) is 0 Å². The Morgan fingerprint density at radius 2 is 2.38 bits per heavy atom. The van der Waals surface area contributed by atoms with Crippen LogP contribution < -0.4 is 5.32 Å². The summed E-state index contributed by atoms with van der Waals surface area (Å²) in [7, 11) is 0. The molecule has 0 saturated carbocycles. The monoisotopic (exact) mass is 305 g/mol. The molecule has 1 unspecified atom stereocenters. The number of thiophene rings is 1. The van der Waals surface area contributed by atoms with Crippen molar-refractivity contribution in [2.45, 2.75) is 19.1 Å². The number of carbonyl (C=O) groups is 1. The molecule has 21 heavy (non-hydrogen) atoms. The van der Waals surface area contributed by atoms with E-state index >= 15 is 0 Å². The maximum atomic E-state index is 11.7. The normalized spacial score (nSPS) is 17.6. The van der Waals surface area contributed by atoms with Crippen LogP contribution in [0, 0.1) is 0 Å². The summed E-state index contributed by atoms with van der Waals surface area (Å²) in [5, 5.41) is 6.70. The molecule has 0 radical (unpaired) electrons. The maximum absolute atomic E-state index is 11.7. The van der Waals surface area contributed by atoms with Crippen LogP contribution in [0.5, 0.6) is 0 Å². The highest BCUT2D eigenvalue weighted by Crippen LogP contribution is 2.22. The van der Waals surface area contributed by atoms with Crippen LogP contribution >= 0.6 is 11.3 Å². The summed E-state index contributed by atoms with van der Waals surface area (Å²) in [5.74, 6) is 0. The minimum Gasteiger partial charge on any atom is -0.444 e. The molecule has 1 saturated heterocycles. The molecular weight excluding hydrogens is 290 g/mol. The first-order chi connectivity index (χ1) is 10.3. The van der Waals surface area contributed by atoms with E-state index in [2.05, 4.69) is 15.3 Å². The smallest absolute Gasteiger partial charge is 0.407 e. The zero-order chi connectivity index (χ0) is 14.5. The number of hydrogen-bond acceptors (Lipinski definition) is 6. The molecule has 1 aliphatic rings. The van der Waals surface area contributed by atoms with Crippen molar-refractivity contribution >= 4 is 17.4 Å². The Morgan fingerprint density at radius 1 is 1.48 bits per heavy atom. The number of amides is 1. The summed E-state index contributed by atoms with van der Waals surface area (Å²) in [6.07, 6.45) is 3.41. The lowest BCUT2D eigenvalue weighted by atomic mass is 10.2. The van der Waals surface area contributed by atoms with Gasteiger partial charge in [0.15, 0.2) is 0 Å². The van der Waals surface area contributed by atoms with Crippen LogP contribution in [0.4, 0.5) is 4.79 Å². The highest BCUT2D eigenvalue weighted by Gasteiger charge is 2.20. The summed E-state index contributed by atoms with van der Waals surface area (Å²) in [4.78, 5) is 20.4. The Labute approximate surface area is 126 Å². The largest absolute Gasteiger partial charge is 0.444 e. The van der Waals surface area contributed by atoms with Crippen molar-refractivity contribution in [2.24, 2.45) is 0 Å². The van der Waals surface area contributed by atoms with Gasteiger partial charge in [0.1, 0.15) is 6.10 Å². The fourth-order valence-electron chi connectivity index (χ4n) is 2.09. The van der Waals surface area contributed by atoms with Crippen LogP contribution in [0.1, 0.15) is 12.1 Å². The average molecular weight is 305 g/mol. The van der Waals surface area contributed by atoms with Gasteiger partial charge in [0.05, 0.1) is 31.1 Å². The molecule has 0 aromatic carbocycles. The number of nitrogens with zero attached hydrogens (tertiary/aromatic N) is 2. The SMILES string of the molecule is O=C(NCc1nccnc1-c1ccsc1)OC1CCOC1. The Hall–Kier alpha value is -1.99. The summed E-state index contributed by atoms with van der Waals surface area (Å²) < 4.78 is 10.4. The van der Waals surface area contributed by atoms with Gasteiger partial charge in [0, 0.05) is 29.8 Å². The number of rotatable bonds is 4. The van der Waals surface area contributed by atoms with Crippen molar-refractivity contribution in [3.8, 4) is 11.3 Å². The van der Waals surface area contributed by atoms with E-state index in [1.54, 1.807) is 23.7 Å². The topological polar surface area (TPSA) is 73.3 Å². The maximum Gasteiger partial charge on any atom is 0.407 e. The zero-order valence-corrected chi connectivity index (χ0v) is 12.1. The predicted octanol–water partition coefficient (Wildman–Crippen LogP) is 2.22. The van der Waals surface area contributed by atoms with Gasteiger partial charge in [-0.2, -0.15) is 11.3 Å². The molecule has 1 amide bonds. The number of hydrogen-bond donors (Lipinski definition) is 1. The van der Waals surface area contributed by atoms with E-state index in [1.807, 2.05) is 16.8 Å². The molecule has 7 heteroatoms. The number of alkyl carbamates (subject to hydrolysis) is 1. The van der Waals surface area contributed by atoms with Gasteiger partial charge in [-0.1, -0.05) is 0 Å². The molecule has 0 bridgehead atoms. The summed E-state index contributed by atoms with van der Waals surface area (Å²) in [5.41, 5.74) is 2.50. The van der Waals surface area contributed by atoms with Gasteiger partial charge in [-0.05, 0) is 11.4 Å². The minimum atomic E-state index is -0.451. The Kier molecular flexibility index (Phi) is 4.42. The van der Waals surface area contributed by atoms with Crippen LogP contribution in [0.3, 0.4) is 0 Å². The molecule has 3 heterocycles. The van der Waals surface area contributed by atoms with Crippen LogP contribution in [0.15, 0.2) is 29.2 Å². The van der Waals surface area contributed by atoms with Gasteiger partial charge < -0.3 is 14.8 Å². The van der Waals surface area contributed by atoms with Crippen LogP contribution in [0.25, 0.3) is 11.3 Å². The van der Waals surface area contributed by atoms with E-state index < -0.39 is 6.09 Å². The molecule has 1 aliphatic heterocycles. The van der Waals surface area contributed by atoms with Crippen molar-refractivity contribution in [1.29, 1.82) is 0 Å². The lowest BCUT2D eigenvalue weighted by Crippen LogP contribution is -2.29. The average Bonchev–Trinajstić information content (AvgIpc) is 3.18. The number of carbonyl (C=O) groups excluding carboxylic acids is 1. The van der Waals surface area contributed by atoms with Crippen LogP contribution in [-0.2, 0) is 16.0 Å². The lowest BCUT2D eigenvalue weighted by Gasteiger charge is -2.11. The second-order valence-electron chi connectivity index (χ2n) is 4.61. The molecule has 110 valence electrons. The van der Waals surface area contributed by atoms with Gasteiger partial charge in [-0.25, -0.2) is 4.79 Å². The second kappa shape index (κ2) is 6.64. The summed E-state index contributed by atoms with van der Waals surface area (Å²) >= 11 is 1.60. The number of nitrogens with one attached hydrogen (secondary N) is 1. The van der Waals surface area contributed by atoms with Crippen molar-refractivity contribution in [3.05, 3.63) is 34.9 Å². The van der Waals surface area contributed by atoms with Crippen molar-refractivity contribution in [3.63, 3.8) is 0 Å². The van der Waals surface area contributed by atoms with E-state index in [-0.39, 0.29) is 12.6 Å². The molecule has 6 nitrogen and oxygen atoms in total. The summed E-state index contributed by atoms with van der Waals surface area (Å²) in [6.45, 7) is 1.40. The lowest BCUT2D eigenvalue weighted by molar-refractivity contribution is 0.0827. The van der Waals surface area contributed by atoms with Gasteiger partial charge in [-0.15, -0.1) is 0 Å². The third-order valence-corrected chi connectivity index (χ3v) is 3.81. The van der Waals surface area contributed by atoms with E-state index in [4.69, 9.17) is 9.47 Å². The standard InChI is InChI=1S/C14H15N3O3S/c18-14(20-11-1-5-19-8-11)17-7-12-13(16-4-3-15-12)10-2-6-21-9-10/h2-4,6,9,11H,1,5,7-8H2,(H,17,18). The molecular formula is C14H15N3O3S. The molecule has 1 atom stereocenters. The third-order valence-electron chi connectivity index (χ3n) is 3.13. The van der Waals surface area contributed by atoms with Gasteiger partial charge in [-0.3, -0.25) is 9.97 Å². The van der Waals surface area contributed by atoms with E-state index in [9.17, 15) is 4.79 Å². The Bertz CT molecular complexity index is 597. The first kappa shape index (κ1) is 14.0. The highest BCUT2D eigenvalue weighted by molar-refractivity contribution is 7.08. The van der Waals surface area contributed by atoms with E-state index in [1.165, 1.54) is 0 Å². The Morgan fingerprint density at radius 3 is 3.14 bits per heavy atom. The molecule has 0 aliphatic carbocycles. The first-order valence-electron chi connectivity index (χ1n) is 6.67. The van der Waals surface area contributed by atoms with Gasteiger partial charge >= 0.3 is 6.09 Å². The van der Waals surface area contributed by atoms with Crippen LogP contribution in [-0.4, -0.2) is 35.4 Å². The number of ether oxygens (including phenoxy) is 2. The minimum absolute atomic E-state index is 0.150. The number of aromatic nitrogens is 2. The quantitative estimate of drug-likeness (QED) is 0.937. The third kappa shape index (κ3) is 3.56. The fraction of sp³-hybridized carbons (Fsp3) is 0.357. The van der Waals surface area contributed by atoms with Crippen molar-refractivity contribution in [1.82, 2.24) is 15.3 Å². The second-order valence-corrected chi connectivity index (χ2v) is 5.39. The van der Waals surface area contributed by atoms with Crippen molar-refractivity contribution in [2.75, 3.05) is 13.2 Å². The summed E-state index contributed by atoms with van der Waals surface area (Å²) in [6, 6.07) is 1.98. The van der Waals surface area contributed by atoms with Gasteiger partial charge in [0.25, 0.3) is 0 Å². The van der Waals surface area contributed by atoms with E-state index in [0.717, 1.165) is 23.4 Å². The molecule has 3 rings (SSSR count). The molecule has 1 N–H and O–H groups in total. The fourth-order valence-corrected chi connectivity index (χ4v) is 2.73. The molecule has 0 spiro atoms. The van der Waals surface area contributed by atoms with Crippen molar-refractivity contribution < 1.29 is 14.3 Å². The Balaban J connectivity index is 1.61. The highest BCUT2D eigenvalue weighted by atomic mass is 32.1. The first-order valence-corrected chi connectivity index (χ1v) is 7.62. The molecule has 2 aromatic rings.